The standard InChI is InChI=1S/C14H11ClFN3O/c1-7-9(4-5-20-7)13-12(14(17)19-18-13)10-3-2-8(16)6-11(10)15/h2-6H,1H3,(H3,17,18,19). The van der Waals surface area contributed by atoms with Crippen molar-refractivity contribution in [2.45, 2.75) is 6.92 Å². The predicted molar refractivity (Wildman–Crippen MR) is 75.8 cm³/mol. The van der Waals surface area contributed by atoms with Crippen LogP contribution < -0.4 is 5.73 Å². The molecule has 3 aromatic rings. The van der Waals surface area contributed by atoms with Gasteiger partial charge in [0.1, 0.15) is 11.6 Å². The summed E-state index contributed by atoms with van der Waals surface area (Å²) in [6, 6.07) is 5.97. The third kappa shape index (κ3) is 1.96. The molecule has 0 aliphatic rings. The molecule has 0 spiro atoms. The summed E-state index contributed by atoms with van der Waals surface area (Å²) in [6.07, 6.45) is 1.58. The molecule has 0 unspecified atom stereocenters. The number of aromatic amines is 1. The summed E-state index contributed by atoms with van der Waals surface area (Å²) < 4.78 is 18.5. The van der Waals surface area contributed by atoms with Crippen molar-refractivity contribution in [1.82, 2.24) is 10.2 Å². The van der Waals surface area contributed by atoms with Crippen molar-refractivity contribution in [2.75, 3.05) is 5.73 Å². The molecule has 2 aromatic heterocycles. The van der Waals surface area contributed by atoms with E-state index < -0.39 is 5.82 Å². The van der Waals surface area contributed by atoms with E-state index in [9.17, 15) is 4.39 Å². The van der Waals surface area contributed by atoms with E-state index in [0.717, 1.165) is 11.3 Å². The minimum Gasteiger partial charge on any atom is -0.469 e. The fourth-order valence-corrected chi connectivity index (χ4v) is 2.42. The summed E-state index contributed by atoms with van der Waals surface area (Å²) in [7, 11) is 0. The SMILES string of the molecule is Cc1occc1-c1[nH]nc(N)c1-c1ccc(F)cc1Cl. The molecule has 3 N–H and O–H groups in total. The second-order valence-corrected chi connectivity index (χ2v) is 4.78. The molecule has 0 aliphatic carbocycles. The minimum absolute atomic E-state index is 0.278. The lowest BCUT2D eigenvalue weighted by Crippen LogP contribution is -1.90. The molecule has 0 saturated carbocycles. The van der Waals surface area contributed by atoms with Crippen molar-refractivity contribution in [3.63, 3.8) is 0 Å². The number of nitrogens with two attached hydrogens (primary N) is 1. The monoisotopic (exact) mass is 291 g/mol. The van der Waals surface area contributed by atoms with E-state index in [4.69, 9.17) is 21.8 Å². The summed E-state index contributed by atoms with van der Waals surface area (Å²) in [5, 5.41) is 7.16. The number of furan rings is 1. The zero-order chi connectivity index (χ0) is 14.3. The lowest BCUT2D eigenvalue weighted by atomic mass is 10.0. The molecule has 102 valence electrons. The molecule has 0 atom stereocenters. The van der Waals surface area contributed by atoms with Crippen LogP contribution in [0.25, 0.3) is 22.4 Å². The number of nitrogen functional groups attached to an aromatic ring is 1. The van der Waals surface area contributed by atoms with Crippen molar-refractivity contribution >= 4 is 17.4 Å². The van der Waals surface area contributed by atoms with Gasteiger partial charge < -0.3 is 10.2 Å². The van der Waals surface area contributed by atoms with E-state index in [2.05, 4.69) is 10.2 Å². The number of aromatic nitrogens is 2. The second kappa shape index (κ2) is 4.68. The summed E-state index contributed by atoms with van der Waals surface area (Å²) in [4.78, 5) is 0. The van der Waals surface area contributed by atoms with Crippen LogP contribution in [0.2, 0.25) is 5.02 Å². The first kappa shape index (κ1) is 12.7. The topological polar surface area (TPSA) is 67.8 Å². The Morgan fingerprint density at radius 1 is 1.30 bits per heavy atom. The maximum Gasteiger partial charge on any atom is 0.153 e. The fourth-order valence-electron chi connectivity index (χ4n) is 2.16. The van der Waals surface area contributed by atoms with E-state index in [1.54, 1.807) is 12.3 Å². The first-order valence-corrected chi connectivity index (χ1v) is 6.29. The zero-order valence-corrected chi connectivity index (χ0v) is 11.3. The van der Waals surface area contributed by atoms with Crippen LogP contribution in [0.1, 0.15) is 5.76 Å². The van der Waals surface area contributed by atoms with E-state index >= 15 is 0 Å². The van der Waals surface area contributed by atoms with Gasteiger partial charge in [0.25, 0.3) is 0 Å². The Morgan fingerprint density at radius 2 is 2.10 bits per heavy atom. The molecular weight excluding hydrogens is 281 g/mol. The molecule has 3 rings (SSSR count). The summed E-state index contributed by atoms with van der Waals surface area (Å²) in [5.74, 6) is 0.629. The van der Waals surface area contributed by atoms with Gasteiger partial charge in [-0.2, -0.15) is 5.10 Å². The van der Waals surface area contributed by atoms with Crippen molar-refractivity contribution in [1.29, 1.82) is 0 Å². The van der Waals surface area contributed by atoms with Crippen molar-refractivity contribution in [3.8, 4) is 22.4 Å². The van der Waals surface area contributed by atoms with Crippen molar-refractivity contribution in [2.24, 2.45) is 0 Å². The van der Waals surface area contributed by atoms with Crippen molar-refractivity contribution < 1.29 is 8.81 Å². The second-order valence-electron chi connectivity index (χ2n) is 4.37. The Bertz CT molecular complexity index is 779. The summed E-state index contributed by atoms with van der Waals surface area (Å²) in [5.41, 5.74) is 8.70. The number of hydrogen-bond donors (Lipinski definition) is 2. The molecule has 2 heterocycles. The maximum absolute atomic E-state index is 13.2. The molecule has 0 bridgehead atoms. The van der Waals surface area contributed by atoms with Crippen LogP contribution >= 0.6 is 11.6 Å². The predicted octanol–water partition coefficient (Wildman–Crippen LogP) is 4.02. The zero-order valence-electron chi connectivity index (χ0n) is 10.6. The number of halogens is 2. The summed E-state index contributed by atoms with van der Waals surface area (Å²) in [6.45, 7) is 1.84. The van der Waals surface area contributed by atoms with E-state index in [0.29, 0.717) is 22.6 Å². The lowest BCUT2D eigenvalue weighted by molar-refractivity contribution is 0.535. The fraction of sp³-hybridized carbons (Fsp3) is 0.0714. The number of anilines is 1. The molecular formula is C14H11ClFN3O. The Kier molecular flexibility index (Phi) is 2.99. The number of H-pyrrole nitrogens is 1. The number of benzene rings is 1. The van der Waals surface area contributed by atoms with Gasteiger partial charge in [-0.3, -0.25) is 5.10 Å². The Labute approximate surface area is 119 Å². The number of aryl methyl sites for hydroxylation is 1. The Balaban J connectivity index is 2.24. The van der Waals surface area contributed by atoms with Gasteiger partial charge in [0.05, 0.1) is 22.5 Å². The Hall–Kier alpha value is -2.27. The van der Waals surface area contributed by atoms with Crippen molar-refractivity contribution in [3.05, 3.63) is 47.1 Å². The quantitative estimate of drug-likeness (QED) is 0.749. The number of nitrogens with one attached hydrogen (secondary N) is 1. The molecule has 0 amide bonds. The highest BCUT2D eigenvalue weighted by molar-refractivity contribution is 6.33. The number of hydrogen-bond acceptors (Lipinski definition) is 3. The lowest BCUT2D eigenvalue weighted by Gasteiger charge is -2.06. The average Bonchev–Trinajstić information content (AvgIpc) is 2.96. The van der Waals surface area contributed by atoms with E-state index in [-0.39, 0.29) is 5.02 Å². The highest BCUT2D eigenvalue weighted by Crippen LogP contribution is 2.39. The molecule has 20 heavy (non-hydrogen) atoms. The van der Waals surface area contributed by atoms with Gasteiger partial charge in [0.15, 0.2) is 5.82 Å². The minimum atomic E-state index is -0.401. The van der Waals surface area contributed by atoms with Crippen LogP contribution in [0, 0.1) is 12.7 Å². The molecule has 6 heteroatoms. The Morgan fingerprint density at radius 3 is 2.75 bits per heavy atom. The molecule has 1 aromatic carbocycles. The van der Waals surface area contributed by atoms with Crippen LogP contribution in [0.15, 0.2) is 34.9 Å². The first-order chi connectivity index (χ1) is 9.58. The molecule has 0 radical (unpaired) electrons. The molecule has 4 nitrogen and oxygen atoms in total. The average molecular weight is 292 g/mol. The smallest absolute Gasteiger partial charge is 0.153 e. The largest absolute Gasteiger partial charge is 0.469 e. The third-order valence-electron chi connectivity index (χ3n) is 3.12. The van der Waals surface area contributed by atoms with Gasteiger partial charge in [-0.05, 0) is 31.2 Å². The molecule has 0 saturated heterocycles. The van der Waals surface area contributed by atoms with Gasteiger partial charge in [0, 0.05) is 11.1 Å². The van der Waals surface area contributed by atoms with Crippen LogP contribution in [-0.2, 0) is 0 Å². The van der Waals surface area contributed by atoms with Gasteiger partial charge in [0.2, 0.25) is 0 Å². The maximum atomic E-state index is 13.2. The number of nitrogens with zero attached hydrogens (tertiary/aromatic N) is 1. The van der Waals surface area contributed by atoms with E-state index in [1.807, 2.05) is 13.0 Å². The van der Waals surface area contributed by atoms with Crippen LogP contribution in [0.4, 0.5) is 10.2 Å². The van der Waals surface area contributed by atoms with Crippen LogP contribution in [0.5, 0.6) is 0 Å². The van der Waals surface area contributed by atoms with Gasteiger partial charge >= 0.3 is 0 Å². The number of rotatable bonds is 2. The third-order valence-corrected chi connectivity index (χ3v) is 3.44. The normalized spacial score (nSPS) is 10.9. The molecule has 0 aliphatic heterocycles. The van der Waals surface area contributed by atoms with E-state index in [1.165, 1.54) is 12.1 Å². The first-order valence-electron chi connectivity index (χ1n) is 5.91. The summed E-state index contributed by atoms with van der Waals surface area (Å²) >= 11 is 6.11. The highest BCUT2D eigenvalue weighted by atomic mass is 35.5. The van der Waals surface area contributed by atoms with Crippen LogP contribution in [-0.4, -0.2) is 10.2 Å². The highest BCUT2D eigenvalue weighted by Gasteiger charge is 2.19. The van der Waals surface area contributed by atoms with Gasteiger partial charge in [-0.25, -0.2) is 4.39 Å². The van der Waals surface area contributed by atoms with Gasteiger partial charge in [-0.15, -0.1) is 0 Å². The van der Waals surface area contributed by atoms with Crippen LogP contribution in [0.3, 0.4) is 0 Å². The van der Waals surface area contributed by atoms with Gasteiger partial charge in [-0.1, -0.05) is 11.6 Å². The molecule has 0 fully saturated rings.